The van der Waals surface area contributed by atoms with Crippen molar-refractivity contribution in [3.05, 3.63) is 11.6 Å². The minimum Gasteiger partial charge on any atom is -0.351 e. The second-order valence-corrected chi connectivity index (χ2v) is 4.65. The Morgan fingerprint density at radius 2 is 2.07 bits per heavy atom. The molecule has 0 aromatic carbocycles. The van der Waals surface area contributed by atoms with E-state index in [2.05, 4.69) is 5.32 Å². The van der Waals surface area contributed by atoms with Crippen LogP contribution in [-0.2, 0) is 14.8 Å². The minimum absolute atomic E-state index is 0.0482. The molecule has 0 aromatic heterocycles. The van der Waals surface area contributed by atoms with E-state index >= 15 is 0 Å². The molecule has 6 heteroatoms. The summed E-state index contributed by atoms with van der Waals surface area (Å²) in [4.78, 5) is 11.2. The smallest absolute Gasteiger partial charge is 0.246 e. The fourth-order valence-electron chi connectivity index (χ4n) is 0.845. The molecule has 82 valence electrons. The lowest BCUT2D eigenvalue weighted by atomic mass is 10.2. The zero-order chi connectivity index (χ0) is 11.2. The summed E-state index contributed by atoms with van der Waals surface area (Å²) in [6, 6.07) is 0. The van der Waals surface area contributed by atoms with Gasteiger partial charge in [-0.25, -0.2) is 13.6 Å². The number of carbonyl (C=O) groups is 1. The molecule has 0 aromatic rings. The molecule has 0 aliphatic rings. The molecule has 0 heterocycles. The molecule has 0 bridgehead atoms. The molecule has 0 aliphatic carbocycles. The normalized spacial score (nSPS) is 12.6. The second-order valence-electron chi connectivity index (χ2n) is 2.92. The van der Waals surface area contributed by atoms with Crippen LogP contribution in [-0.4, -0.2) is 26.6 Å². The Bertz CT molecular complexity index is 319. The summed E-state index contributed by atoms with van der Waals surface area (Å²) in [5.74, 6) is -0.492. The summed E-state index contributed by atoms with van der Waals surface area (Å²) < 4.78 is 21.0. The maximum atomic E-state index is 11.2. The van der Waals surface area contributed by atoms with Gasteiger partial charge in [0, 0.05) is 12.1 Å². The summed E-state index contributed by atoms with van der Waals surface area (Å²) >= 11 is 0. The van der Waals surface area contributed by atoms with E-state index in [1.807, 2.05) is 6.92 Å². The van der Waals surface area contributed by atoms with Crippen molar-refractivity contribution in [2.24, 2.45) is 5.14 Å². The first-order valence-electron chi connectivity index (χ1n) is 4.32. The van der Waals surface area contributed by atoms with Gasteiger partial charge in [-0.2, -0.15) is 0 Å². The SMILES string of the molecule is CC/C=C(/C)C(=O)NCCS(N)(=O)=O. The molecule has 0 saturated carbocycles. The Balaban J connectivity index is 3.93. The lowest BCUT2D eigenvalue weighted by molar-refractivity contribution is -0.117. The average molecular weight is 220 g/mol. The van der Waals surface area contributed by atoms with Gasteiger partial charge in [0.25, 0.3) is 0 Å². The van der Waals surface area contributed by atoms with Crippen molar-refractivity contribution in [1.29, 1.82) is 0 Å². The minimum atomic E-state index is -3.49. The van der Waals surface area contributed by atoms with Crippen molar-refractivity contribution in [2.75, 3.05) is 12.3 Å². The van der Waals surface area contributed by atoms with Crippen LogP contribution in [0.2, 0.25) is 0 Å². The molecule has 3 N–H and O–H groups in total. The maximum Gasteiger partial charge on any atom is 0.246 e. The summed E-state index contributed by atoms with van der Waals surface area (Å²) in [6.07, 6.45) is 2.54. The Labute approximate surface area is 84.4 Å². The van der Waals surface area contributed by atoms with E-state index < -0.39 is 10.0 Å². The molecule has 0 spiro atoms. The van der Waals surface area contributed by atoms with E-state index in [-0.39, 0.29) is 18.2 Å². The highest BCUT2D eigenvalue weighted by molar-refractivity contribution is 7.89. The number of hydrogen-bond donors (Lipinski definition) is 2. The average Bonchev–Trinajstić information content (AvgIpc) is 2.02. The molecule has 5 nitrogen and oxygen atoms in total. The number of nitrogens with one attached hydrogen (secondary N) is 1. The Hall–Kier alpha value is -0.880. The van der Waals surface area contributed by atoms with E-state index in [4.69, 9.17) is 5.14 Å². The van der Waals surface area contributed by atoms with Gasteiger partial charge in [0.15, 0.2) is 0 Å². The van der Waals surface area contributed by atoms with Crippen LogP contribution in [0.25, 0.3) is 0 Å². The summed E-state index contributed by atoms with van der Waals surface area (Å²) in [5, 5.41) is 7.22. The largest absolute Gasteiger partial charge is 0.351 e. The van der Waals surface area contributed by atoms with E-state index in [9.17, 15) is 13.2 Å². The summed E-state index contributed by atoms with van der Waals surface area (Å²) in [6.45, 7) is 3.64. The third-order valence-electron chi connectivity index (χ3n) is 1.54. The third-order valence-corrected chi connectivity index (χ3v) is 2.31. The van der Waals surface area contributed by atoms with Crippen LogP contribution in [0, 0.1) is 0 Å². The first-order valence-corrected chi connectivity index (χ1v) is 6.03. The Morgan fingerprint density at radius 3 is 2.50 bits per heavy atom. The zero-order valence-corrected chi connectivity index (χ0v) is 9.23. The number of carbonyl (C=O) groups excluding carboxylic acids is 1. The lowest BCUT2D eigenvalue weighted by Crippen LogP contribution is -2.31. The van der Waals surface area contributed by atoms with E-state index in [1.165, 1.54) is 0 Å². The number of sulfonamides is 1. The molecular formula is C8H16N2O3S. The van der Waals surface area contributed by atoms with Gasteiger partial charge in [-0.3, -0.25) is 4.79 Å². The molecule has 0 atom stereocenters. The van der Waals surface area contributed by atoms with Gasteiger partial charge >= 0.3 is 0 Å². The zero-order valence-electron chi connectivity index (χ0n) is 8.41. The molecular weight excluding hydrogens is 204 g/mol. The maximum absolute atomic E-state index is 11.2. The molecule has 0 radical (unpaired) electrons. The molecule has 0 saturated heterocycles. The van der Waals surface area contributed by atoms with Crippen molar-refractivity contribution in [1.82, 2.24) is 5.32 Å². The highest BCUT2D eigenvalue weighted by Crippen LogP contribution is 1.94. The Morgan fingerprint density at radius 1 is 1.50 bits per heavy atom. The molecule has 0 aliphatic heterocycles. The van der Waals surface area contributed by atoms with Crippen LogP contribution in [0.15, 0.2) is 11.6 Å². The van der Waals surface area contributed by atoms with Gasteiger partial charge in [-0.05, 0) is 13.3 Å². The van der Waals surface area contributed by atoms with Crippen molar-refractivity contribution in [2.45, 2.75) is 20.3 Å². The number of allylic oxidation sites excluding steroid dienone is 1. The van der Waals surface area contributed by atoms with Crippen molar-refractivity contribution < 1.29 is 13.2 Å². The van der Waals surface area contributed by atoms with Crippen LogP contribution in [0.5, 0.6) is 0 Å². The fourth-order valence-corrected chi connectivity index (χ4v) is 1.23. The highest BCUT2D eigenvalue weighted by atomic mass is 32.2. The van der Waals surface area contributed by atoms with Crippen LogP contribution in [0.1, 0.15) is 20.3 Å². The van der Waals surface area contributed by atoms with E-state index in [0.29, 0.717) is 5.57 Å². The summed E-state index contributed by atoms with van der Waals surface area (Å²) in [7, 11) is -3.49. The number of hydrogen-bond acceptors (Lipinski definition) is 3. The summed E-state index contributed by atoms with van der Waals surface area (Å²) in [5.41, 5.74) is 0.585. The predicted molar refractivity (Wildman–Crippen MR) is 55.0 cm³/mol. The van der Waals surface area contributed by atoms with Crippen molar-refractivity contribution in [3.8, 4) is 0 Å². The van der Waals surface area contributed by atoms with Crippen LogP contribution >= 0.6 is 0 Å². The predicted octanol–water partition coefficient (Wildman–Crippen LogP) is -0.253. The standard InChI is InChI=1S/C8H16N2O3S/c1-3-4-7(2)8(11)10-5-6-14(9,12)13/h4H,3,5-6H2,1-2H3,(H,10,11)(H2,9,12,13)/b7-4-. The monoisotopic (exact) mass is 220 g/mol. The van der Waals surface area contributed by atoms with Crippen molar-refractivity contribution >= 4 is 15.9 Å². The van der Waals surface area contributed by atoms with Gasteiger partial charge in [0.1, 0.15) is 0 Å². The topological polar surface area (TPSA) is 89.3 Å². The van der Waals surface area contributed by atoms with Gasteiger partial charge in [-0.15, -0.1) is 0 Å². The van der Waals surface area contributed by atoms with Gasteiger partial charge in [0.2, 0.25) is 15.9 Å². The van der Waals surface area contributed by atoms with E-state index in [0.717, 1.165) is 6.42 Å². The molecule has 0 rings (SSSR count). The van der Waals surface area contributed by atoms with Crippen LogP contribution in [0.3, 0.4) is 0 Å². The van der Waals surface area contributed by atoms with Gasteiger partial charge < -0.3 is 5.32 Å². The number of amides is 1. The molecule has 0 unspecified atom stereocenters. The van der Waals surface area contributed by atoms with E-state index in [1.54, 1.807) is 13.0 Å². The second kappa shape index (κ2) is 5.77. The number of nitrogens with two attached hydrogens (primary N) is 1. The van der Waals surface area contributed by atoms with Crippen LogP contribution < -0.4 is 10.5 Å². The van der Waals surface area contributed by atoms with Crippen molar-refractivity contribution in [3.63, 3.8) is 0 Å². The molecule has 14 heavy (non-hydrogen) atoms. The molecule has 1 amide bonds. The Kier molecular flexibility index (Phi) is 5.40. The van der Waals surface area contributed by atoms with Crippen LogP contribution in [0.4, 0.5) is 0 Å². The first kappa shape index (κ1) is 13.1. The fraction of sp³-hybridized carbons (Fsp3) is 0.625. The highest BCUT2D eigenvalue weighted by Gasteiger charge is 2.05. The van der Waals surface area contributed by atoms with Gasteiger partial charge in [0.05, 0.1) is 5.75 Å². The third kappa shape index (κ3) is 6.62. The lowest BCUT2D eigenvalue weighted by Gasteiger charge is -2.03. The number of rotatable bonds is 5. The molecule has 0 fully saturated rings. The first-order chi connectivity index (χ1) is 6.37. The van der Waals surface area contributed by atoms with Gasteiger partial charge in [-0.1, -0.05) is 13.0 Å². The number of primary sulfonamides is 1. The quantitative estimate of drug-likeness (QED) is 0.626.